The van der Waals surface area contributed by atoms with Crippen LogP contribution in [0.15, 0.2) is 41.8 Å². The quantitative estimate of drug-likeness (QED) is 0.536. The highest BCUT2D eigenvalue weighted by molar-refractivity contribution is 7.91. The zero-order valence-electron chi connectivity index (χ0n) is 14.9. The largest absolute Gasteiger partial charge is 0.387 e. The van der Waals surface area contributed by atoms with Gasteiger partial charge in [-0.2, -0.15) is 0 Å². The Balaban J connectivity index is 1.61. The molecule has 1 aromatic carbocycles. The number of ether oxygens (including phenoxy) is 1. The Labute approximate surface area is 160 Å². The molecule has 1 aliphatic heterocycles. The molecule has 0 spiro atoms. The lowest BCUT2D eigenvalue weighted by Gasteiger charge is -2.16. The van der Waals surface area contributed by atoms with Gasteiger partial charge in [0.15, 0.2) is 27.5 Å². The van der Waals surface area contributed by atoms with Crippen LogP contribution in [0.1, 0.15) is 11.8 Å². The highest BCUT2D eigenvalue weighted by atomic mass is 32.2. The van der Waals surface area contributed by atoms with Crippen molar-refractivity contribution in [1.29, 1.82) is 0 Å². The van der Waals surface area contributed by atoms with Crippen LogP contribution < -0.4 is 5.73 Å². The maximum absolute atomic E-state index is 12.7. The standard InChI is InChI=1S/C17H19N5O5S/c1-9-2-4-10(5-3-9)28(25,26)6-11-13(23)14(24)17(27-11)22-8-21-12-15(18)19-7-20-16(12)22/h2-5,7-8,11,13-14,17,23-24H,6H2,1H3,(H2,18,19,20)/t11-,13?,14?,17-/m1/s1. The average molecular weight is 405 g/mol. The molecule has 10 nitrogen and oxygen atoms in total. The van der Waals surface area contributed by atoms with Crippen molar-refractivity contribution in [2.24, 2.45) is 0 Å². The first-order valence-corrected chi connectivity index (χ1v) is 10.2. The van der Waals surface area contributed by atoms with Crippen LogP contribution in [0.4, 0.5) is 5.82 Å². The molecule has 0 amide bonds. The number of nitrogens with two attached hydrogens (primary N) is 1. The van der Waals surface area contributed by atoms with Crippen LogP contribution in [0, 0.1) is 6.92 Å². The predicted octanol–water partition coefficient (Wildman–Crippen LogP) is -0.190. The van der Waals surface area contributed by atoms with Crippen molar-refractivity contribution in [2.45, 2.75) is 36.4 Å². The maximum Gasteiger partial charge on any atom is 0.181 e. The van der Waals surface area contributed by atoms with E-state index < -0.39 is 40.1 Å². The Hall–Kier alpha value is -2.60. The van der Waals surface area contributed by atoms with Gasteiger partial charge in [0, 0.05) is 0 Å². The molecule has 148 valence electrons. The van der Waals surface area contributed by atoms with Crippen molar-refractivity contribution in [1.82, 2.24) is 19.5 Å². The van der Waals surface area contributed by atoms with Crippen LogP contribution in [-0.4, -0.2) is 62.2 Å². The molecule has 4 atom stereocenters. The normalized spacial score (nSPS) is 25.4. The number of aliphatic hydroxyl groups is 2. The minimum absolute atomic E-state index is 0.125. The molecular weight excluding hydrogens is 386 g/mol. The second-order valence-corrected chi connectivity index (χ2v) is 8.76. The van der Waals surface area contributed by atoms with Gasteiger partial charge in [-0.1, -0.05) is 17.7 Å². The molecule has 3 aromatic rings. The number of imidazole rings is 1. The molecule has 0 radical (unpaired) electrons. The summed E-state index contributed by atoms with van der Waals surface area (Å²) in [7, 11) is -3.72. The van der Waals surface area contributed by atoms with Crippen molar-refractivity contribution in [3.05, 3.63) is 42.5 Å². The van der Waals surface area contributed by atoms with Crippen LogP contribution in [0.3, 0.4) is 0 Å². The third kappa shape index (κ3) is 3.11. The molecule has 28 heavy (non-hydrogen) atoms. The number of nitrogen functional groups attached to an aromatic ring is 1. The van der Waals surface area contributed by atoms with Gasteiger partial charge in [0.25, 0.3) is 0 Å². The number of sulfone groups is 1. The van der Waals surface area contributed by atoms with Gasteiger partial charge < -0.3 is 20.7 Å². The van der Waals surface area contributed by atoms with Gasteiger partial charge in [-0.25, -0.2) is 23.4 Å². The van der Waals surface area contributed by atoms with E-state index in [1.165, 1.54) is 29.4 Å². The molecule has 1 fully saturated rings. The number of rotatable bonds is 4. The lowest BCUT2D eigenvalue weighted by atomic mass is 10.1. The van der Waals surface area contributed by atoms with Crippen LogP contribution in [0.5, 0.6) is 0 Å². The monoisotopic (exact) mass is 405 g/mol. The molecule has 4 N–H and O–H groups in total. The van der Waals surface area contributed by atoms with Crippen molar-refractivity contribution < 1.29 is 23.4 Å². The first kappa shape index (κ1) is 18.7. The smallest absolute Gasteiger partial charge is 0.181 e. The van der Waals surface area contributed by atoms with Gasteiger partial charge >= 0.3 is 0 Å². The van der Waals surface area contributed by atoms with Crippen molar-refractivity contribution >= 4 is 26.8 Å². The summed E-state index contributed by atoms with van der Waals surface area (Å²) >= 11 is 0. The van der Waals surface area contributed by atoms with Gasteiger partial charge in [0.05, 0.1) is 17.0 Å². The Bertz CT molecular complexity index is 1110. The third-order valence-electron chi connectivity index (χ3n) is 4.76. The summed E-state index contributed by atoms with van der Waals surface area (Å²) in [6.07, 6.45) is -2.36. The maximum atomic E-state index is 12.7. The number of aromatic nitrogens is 4. The van der Waals surface area contributed by atoms with Gasteiger partial charge in [-0.3, -0.25) is 4.57 Å². The van der Waals surface area contributed by atoms with E-state index in [4.69, 9.17) is 10.5 Å². The van der Waals surface area contributed by atoms with E-state index in [1.54, 1.807) is 12.1 Å². The number of fused-ring (bicyclic) bond motifs is 1. The van der Waals surface area contributed by atoms with E-state index in [-0.39, 0.29) is 10.7 Å². The predicted molar refractivity (Wildman–Crippen MR) is 98.9 cm³/mol. The van der Waals surface area contributed by atoms with Crippen molar-refractivity contribution in [3.8, 4) is 0 Å². The molecule has 0 aliphatic carbocycles. The molecule has 4 rings (SSSR count). The summed E-state index contributed by atoms with van der Waals surface area (Å²) in [6, 6.07) is 6.39. The van der Waals surface area contributed by atoms with Gasteiger partial charge in [0.1, 0.15) is 30.2 Å². The average Bonchev–Trinajstić information content (AvgIpc) is 3.19. The Kier molecular flexibility index (Phi) is 4.54. The molecule has 0 bridgehead atoms. The second-order valence-electron chi connectivity index (χ2n) is 6.72. The lowest BCUT2D eigenvalue weighted by Crippen LogP contribution is -2.35. The first-order chi connectivity index (χ1) is 13.3. The fraction of sp³-hybridized carbons (Fsp3) is 0.353. The molecule has 1 saturated heterocycles. The van der Waals surface area contributed by atoms with Gasteiger partial charge in [0.2, 0.25) is 0 Å². The Morgan fingerprint density at radius 2 is 1.86 bits per heavy atom. The minimum Gasteiger partial charge on any atom is -0.387 e. The van der Waals surface area contributed by atoms with Crippen molar-refractivity contribution in [2.75, 3.05) is 11.5 Å². The number of anilines is 1. The SMILES string of the molecule is Cc1ccc(S(=O)(=O)C[C@H]2O[C@@H](n3cnc4c(N)ncnc43)C(O)C2O)cc1. The molecule has 1 aliphatic rings. The summed E-state index contributed by atoms with van der Waals surface area (Å²) in [5.41, 5.74) is 7.32. The molecule has 2 unspecified atom stereocenters. The highest BCUT2D eigenvalue weighted by Crippen LogP contribution is 2.33. The van der Waals surface area contributed by atoms with E-state index in [1.807, 2.05) is 6.92 Å². The third-order valence-corrected chi connectivity index (χ3v) is 6.52. The highest BCUT2D eigenvalue weighted by Gasteiger charge is 2.46. The zero-order valence-corrected chi connectivity index (χ0v) is 15.7. The van der Waals surface area contributed by atoms with E-state index in [0.29, 0.717) is 11.2 Å². The summed E-state index contributed by atoms with van der Waals surface area (Å²) < 4.78 is 32.5. The minimum atomic E-state index is -3.72. The first-order valence-electron chi connectivity index (χ1n) is 8.52. The summed E-state index contributed by atoms with van der Waals surface area (Å²) in [6.45, 7) is 1.85. The zero-order chi connectivity index (χ0) is 20.1. The molecule has 0 saturated carbocycles. The number of aryl methyl sites for hydroxylation is 1. The van der Waals surface area contributed by atoms with Gasteiger partial charge in [-0.15, -0.1) is 0 Å². The lowest BCUT2D eigenvalue weighted by molar-refractivity contribution is -0.0292. The number of benzene rings is 1. The second kappa shape index (κ2) is 6.78. The van der Waals surface area contributed by atoms with Crippen LogP contribution in [0.25, 0.3) is 11.2 Å². The Morgan fingerprint density at radius 1 is 1.14 bits per heavy atom. The van der Waals surface area contributed by atoms with Crippen molar-refractivity contribution in [3.63, 3.8) is 0 Å². The van der Waals surface area contributed by atoms with E-state index >= 15 is 0 Å². The van der Waals surface area contributed by atoms with Crippen LogP contribution in [-0.2, 0) is 14.6 Å². The summed E-state index contributed by atoms with van der Waals surface area (Å²) in [4.78, 5) is 12.1. The summed E-state index contributed by atoms with van der Waals surface area (Å²) in [5.74, 6) is -0.315. The fourth-order valence-electron chi connectivity index (χ4n) is 3.21. The molecule has 2 aromatic heterocycles. The van der Waals surface area contributed by atoms with Gasteiger partial charge in [-0.05, 0) is 19.1 Å². The Morgan fingerprint density at radius 3 is 2.57 bits per heavy atom. The number of aliphatic hydroxyl groups excluding tert-OH is 2. The summed E-state index contributed by atoms with van der Waals surface area (Å²) in [5, 5.41) is 20.8. The number of hydrogen-bond acceptors (Lipinski definition) is 9. The fourth-order valence-corrected chi connectivity index (χ4v) is 4.66. The number of hydrogen-bond donors (Lipinski definition) is 3. The molecule has 3 heterocycles. The van der Waals surface area contributed by atoms with Crippen LogP contribution in [0.2, 0.25) is 0 Å². The van der Waals surface area contributed by atoms with E-state index in [0.717, 1.165) is 5.56 Å². The van der Waals surface area contributed by atoms with E-state index in [2.05, 4.69) is 15.0 Å². The topological polar surface area (TPSA) is 153 Å². The van der Waals surface area contributed by atoms with Crippen LogP contribution >= 0.6 is 0 Å². The molecular formula is C17H19N5O5S. The number of nitrogens with zero attached hydrogens (tertiary/aromatic N) is 4. The molecule has 11 heteroatoms. The van der Waals surface area contributed by atoms with E-state index in [9.17, 15) is 18.6 Å².